The van der Waals surface area contributed by atoms with Crippen molar-refractivity contribution in [3.8, 4) is 0 Å². The van der Waals surface area contributed by atoms with Crippen LogP contribution in [0.3, 0.4) is 0 Å². The van der Waals surface area contributed by atoms with Gasteiger partial charge in [0.1, 0.15) is 5.69 Å². The number of Topliss-reactive ketones (excluding diaryl/α,β-unsaturated/α-hetero) is 1. The summed E-state index contributed by atoms with van der Waals surface area (Å²) in [6, 6.07) is 0. The first-order chi connectivity index (χ1) is 7.63. The topological polar surface area (TPSA) is 60.9 Å². The Morgan fingerprint density at radius 3 is 2.53 bits per heavy atom. The summed E-state index contributed by atoms with van der Waals surface area (Å²) in [4.78, 5) is 11.8. The summed E-state index contributed by atoms with van der Waals surface area (Å²) in [5, 5.41) is 3.55. The van der Waals surface area contributed by atoms with Gasteiger partial charge in [0.05, 0.1) is 11.2 Å². The van der Waals surface area contributed by atoms with E-state index in [9.17, 15) is 18.0 Å². The molecule has 8 heteroatoms. The molecule has 1 aromatic heterocycles. The number of carbonyl (C=O) groups is 1. The van der Waals surface area contributed by atoms with E-state index in [4.69, 9.17) is 17.3 Å². The number of aromatic nitrogens is 2. The standard InChI is InChI=1S/C9H11ClF3N3O/c1-3-16-6(5(10)4-15-16)7(17)8(2,14)9(11,12)13/h4H,3,14H2,1-2H3. The van der Waals surface area contributed by atoms with Crippen molar-refractivity contribution < 1.29 is 18.0 Å². The highest BCUT2D eigenvalue weighted by Crippen LogP contribution is 2.32. The number of nitrogens with two attached hydrogens (primary N) is 1. The van der Waals surface area contributed by atoms with Crippen molar-refractivity contribution in [2.24, 2.45) is 5.73 Å². The number of carbonyl (C=O) groups excluding carboxylic acids is 1. The average Bonchev–Trinajstić information content (AvgIpc) is 2.56. The Morgan fingerprint density at radius 1 is 1.59 bits per heavy atom. The normalized spacial score (nSPS) is 15.7. The van der Waals surface area contributed by atoms with Crippen LogP contribution >= 0.6 is 11.6 Å². The molecule has 1 atom stereocenters. The lowest BCUT2D eigenvalue weighted by molar-refractivity contribution is -0.166. The van der Waals surface area contributed by atoms with Crippen LogP contribution in [0, 0.1) is 0 Å². The van der Waals surface area contributed by atoms with Crippen molar-refractivity contribution in [3.05, 3.63) is 16.9 Å². The number of ketones is 1. The summed E-state index contributed by atoms with van der Waals surface area (Å²) in [5.41, 5.74) is 1.74. The summed E-state index contributed by atoms with van der Waals surface area (Å²) in [5.74, 6) is -1.30. The van der Waals surface area contributed by atoms with Crippen molar-refractivity contribution in [2.45, 2.75) is 32.1 Å². The number of rotatable bonds is 3. The highest BCUT2D eigenvalue weighted by molar-refractivity contribution is 6.34. The Bertz CT molecular complexity index is 439. The van der Waals surface area contributed by atoms with E-state index >= 15 is 0 Å². The maximum absolute atomic E-state index is 12.6. The second-order valence-corrected chi connectivity index (χ2v) is 4.09. The molecular formula is C9H11ClF3N3O. The number of hydrogen-bond acceptors (Lipinski definition) is 3. The van der Waals surface area contributed by atoms with Crippen LogP contribution in [0.5, 0.6) is 0 Å². The summed E-state index contributed by atoms with van der Waals surface area (Å²) in [6.07, 6.45) is -3.74. The van der Waals surface area contributed by atoms with Crippen molar-refractivity contribution in [3.63, 3.8) is 0 Å². The first-order valence-electron chi connectivity index (χ1n) is 4.74. The average molecular weight is 270 g/mol. The molecule has 0 amide bonds. The van der Waals surface area contributed by atoms with Gasteiger partial charge in [0.25, 0.3) is 0 Å². The number of alkyl halides is 3. The van der Waals surface area contributed by atoms with Crippen LogP contribution in [-0.4, -0.2) is 27.3 Å². The molecule has 4 nitrogen and oxygen atoms in total. The number of nitrogens with zero attached hydrogens (tertiary/aromatic N) is 2. The Hall–Kier alpha value is -1.08. The van der Waals surface area contributed by atoms with Crippen molar-refractivity contribution in [2.75, 3.05) is 0 Å². The SMILES string of the molecule is CCn1ncc(Cl)c1C(=O)C(C)(N)C(F)(F)F. The smallest absolute Gasteiger partial charge is 0.311 e. The molecule has 1 rings (SSSR count). The monoisotopic (exact) mass is 269 g/mol. The molecule has 96 valence electrons. The van der Waals surface area contributed by atoms with Crippen LogP contribution in [0.25, 0.3) is 0 Å². The lowest BCUT2D eigenvalue weighted by Gasteiger charge is -2.26. The van der Waals surface area contributed by atoms with Gasteiger partial charge in [-0.2, -0.15) is 18.3 Å². The predicted octanol–water partition coefficient (Wildman–Crippen LogP) is 2.02. The van der Waals surface area contributed by atoms with E-state index in [-0.39, 0.29) is 17.3 Å². The van der Waals surface area contributed by atoms with Gasteiger partial charge >= 0.3 is 6.18 Å². The fourth-order valence-corrected chi connectivity index (χ4v) is 1.43. The minimum atomic E-state index is -4.85. The first-order valence-corrected chi connectivity index (χ1v) is 5.12. The third-order valence-electron chi connectivity index (χ3n) is 2.37. The summed E-state index contributed by atoms with van der Waals surface area (Å²) < 4.78 is 39.0. The maximum atomic E-state index is 12.6. The van der Waals surface area contributed by atoms with E-state index in [1.807, 2.05) is 0 Å². The fraction of sp³-hybridized carbons (Fsp3) is 0.556. The van der Waals surface area contributed by atoms with E-state index in [0.717, 1.165) is 10.9 Å². The molecule has 0 aliphatic heterocycles. The molecule has 2 N–H and O–H groups in total. The van der Waals surface area contributed by atoms with E-state index in [1.54, 1.807) is 6.92 Å². The van der Waals surface area contributed by atoms with Crippen LogP contribution in [0.4, 0.5) is 13.2 Å². The minimum absolute atomic E-state index is 0.141. The Kier molecular flexibility index (Phi) is 3.54. The molecule has 0 bridgehead atoms. The van der Waals surface area contributed by atoms with E-state index in [0.29, 0.717) is 6.92 Å². The predicted molar refractivity (Wildman–Crippen MR) is 55.9 cm³/mol. The Balaban J connectivity index is 3.26. The summed E-state index contributed by atoms with van der Waals surface area (Å²) in [7, 11) is 0. The Morgan fingerprint density at radius 2 is 2.12 bits per heavy atom. The van der Waals surface area contributed by atoms with E-state index in [1.165, 1.54) is 0 Å². The molecular weight excluding hydrogens is 259 g/mol. The van der Waals surface area contributed by atoms with Gasteiger partial charge < -0.3 is 5.73 Å². The van der Waals surface area contributed by atoms with Crippen molar-refractivity contribution in [1.82, 2.24) is 9.78 Å². The third-order valence-corrected chi connectivity index (χ3v) is 2.65. The minimum Gasteiger partial charge on any atom is -0.311 e. The van der Waals surface area contributed by atoms with Gasteiger partial charge in [-0.1, -0.05) is 11.6 Å². The molecule has 1 aromatic rings. The molecule has 0 radical (unpaired) electrons. The summed E-state index contributed by atoms with van der Waals surface area (Å²) >= 11 is 5.65. The van der Waals surface area contributed by atoms with Crippen LogP contribution in [-0.2, 0) is 6.54 Å². The number of halogens is 4. The molecule has 1 heterocycles. The van der Waals surface area contributed by atoms with Gasteiger partial charge in [-0.15, -0.1) is 0 Å². The quantitative estimate of drug-likeness (QED) is 0.854. The zero-order valence-corrected chi connectivity index (χ0v) is 9.93. The zero-order valence-electron chi connectivity index (χ0n) is 9.18. The van der Waals surface area contributed by atoms with Crippen molar-refractivity contribution >= 4 is 17.4 Å². The van der Waals surface area contributed by atoms with Crippen LogP contribution in [0.2, 0.25) is 5.02 Å². The number of aryl methyl sites for hydroxylation is 1. The molecule has 0 aromatic carbocycles. The molecule has 0 fully saturated rings. The lowest BCUT2D eigenvalue weighted by Crippen LogP contribution is -2.57. The third kappa shape index (κ3) is 2.30. The van der Waals surface area contributed by atoms with E-state index < -0.39 is 17.5 Å². The van der Waals surface area contributed by atoms with Gasteiger partial charge in [-0.25, -0.2) is 0 Å². The molecule has 0 spiro atoms. The molecule has 0 saturated heterocycles. The van der Waals surface area contributed by atoms with Crippen LogP contribution in [0.15, 0.2) is 6.20 Å². The second-order valence-electron chi connectivity index (χ2n) is 3.69. The number of hydrogen-bond donors (Lipinski definition) is 1. The first kappa shape index (κ1) is 14.0. The van der Waals surface area contributed by atoms with Gasteiger partial charge in [0, 0.05) is 6.54 Å². The molecule has 1 unspecified atom stereocenters. The van der Waals surface area contributed by atoms with Gasteiger partial charge in [0.2, 0.25) is 5.78 Å². The van der Waals surface area contributed by atoms with Crippen LogP contribution in [0.1, 0.15) is 24.3 Å². The van der Waals surface area contributed by atoms with E-state index in [2.05, 4.69) is 5.10 Å². The largest absolute Gasteiger partial charge is 0.413 e. The highest BCUT2D eigenvalue weighted by Gasteiger charge is 2.55. The fourth-order valence-electron chi connectivity index (χ4n) is 1.20. The van der Waals surface area contributed by atoms with Gasteiger partial charge in [0.15, 0.2) is 5.54 Å². The second kappa shape index (κ2) is 4.30. The molecule has 0 aliphatic rings. The zero-order chi connectivity index (χ0) is 13.4. The van der Waals surface area contributed by atoms with Gasteiger partial charge in [-0.05, 0) is 13.8 Å². The summed E-state index contributed by atoms with van der Waals surface area (Å²) in [6.45, 7) is 2.46. The molecule has 17 heavy (non-hydrogen) atoms. The van der Waals surface area contributed by atoms with Crippen molar-refractivity contribution in [1.29, 1.82) is 0 Å². The maximum Gasteiger partial charge on any atom is 0.413 e. The van der Waals surface area contributed by atoms with Crippen LogP contribution < -0.4 is 5.73 Å². The molecule has 0 aliphatic carbocycles. The molecule has 0 saturated carbocycles. The lowest BCUT2D eigenvalue weighted by atomic mass is 9.94. The van der Waals surface area contributed by atoms with Gasteiger partial charge in [-0.3, -0.25) is 9.48 Å². The Labute approximate surface area is 101 Å². The highest BCUT2D eigenvalue weighted by atomic mass is 35.5.